The molecule has 2 aromatic heterocycles. The van der Waals surface area contributed by atoms with Gasteiger partial charge in [0.05, 0.1) is 28.2 Å². The third-order valence-corrected chi connectivity index (χ3v) is 11.1. The average molecular weight is 682 g/mol. The minimum Gasteiger partial charge on any atom is -0.391 e. The van der Waals surface area contributed by atoms with Gasteiger partial charge in [0, 0.05) is 51.8 Å². The van der Waals surface area contributed by atoms with Gasteiger partial charge in [-0.1, -0.05) is 43.3 Å². The van der Waals surface area contributed by atoms with Crippen molar-refractivity contribution < 1.29 is 23.6 Å². The van der Waals surface area contributed by atoms with E-state index in [1.54, 1.807) is 11.3 Å². The van der Waals surface area contributed by atoms with Crippen LogP contribution in [0.1, 0.15) is 69.0 Å². The molecule has 3 saturated heterocycles. The number of β-amino-alcohol motifs (C(OH)–C–C–N with tert-alkyl or cyclic N) is 1. The molecule has 13 heteroatoms. The lowest BCUT2D eigenvalue weighted by molar-refractivity contribution is -0.141. The Balaban J connectivity index is 1.08. The predicted octanol–water partition coefficient (Wildman–Crippen LogP) is 3.90. The maximum absolute atomic E-state index is 15.3. The molecule has 0 spiro atoms. The molecule has 5 heterocycles. The lowest BCUT2D eigenvalue weighted by Gasteiger charge is -2.39. The first-order valence-corrected chi connectivity index (χ1v) is 18.0. The molecule has 0 radical (unpaired) electrons. The molecule has 48 heavy (non-hydrogen) atoms. The fraction of sp³-hybridized carbons (Fsp3) is 0.600. The van der Waals surface area contributed by atoms with E-state index in [1.807, 2.05) is 63.5 Å². The third kappa shape index (κ3) is 7.59. The average Bonchev–Trinajstić information content (AvgIpc) is 3.82. The standard InChI is InChI=1S/C35H48FN7O4S/c1-22(2)31(29-18-30(40-47-29)42-15-13-41(14-16-42)20-35(36)9-11-37-12-10-35)34(46)43-19-27(44)17-28(43)33(45)39-23(3)25-5-7-26(8-6-25)32-24(4)38-21-48-32/h5-8,18,21-23,27-28,31,37,44H,9-17,19-20H2,1-4H3,(H,39,45)/t23-,27+,28-,31-/m0/s1. The number of nitrogens with one attached hydrogen (secondary N) is 2. The Morgan fingerprint density at radius 3 is 2.50 bits per heavy atom. The van der Waals surface area contributed by atoms with E-state index in [1.165, 1.54) is 4.90 Å². The van der Waals surface area contributed by atoms with Gasteiger partial charge in [0.25, 0.3) is 0 Å². The summed E-state index contributed by atoms with van der Waals surface area (Å²) in [7, 11) is 0. The minimum absolute atomic E-state index is 0.0759. The zero-order chi connectivity index (χ0) is 34.0. The molecule has 3 aromatic rings. The van der Waals surface area contributed by atoms with Crippen molar-refractivity contribution in [2.24, 2.45) is 5.92 Å². The van der Waals surface area contributed by atoms with Gasteiger partial charge in [-0.25, -0.2) is 9.37 Å². The number of hydrogen-bond donors (Lipinski definition) is 3. The van der Waals surface area contributed by atoms with E-state index in [-0.39, 0.29) is 36.7 Å². The highest BCUT2D eigenvalue weighted by molar-refractivity contribution is 7.13. The number of aliphatic hydroxyl groups is 1. The number of aromatic nitrogens is 2. The number of aryl methyl sites for hydroxylation is 1. The quantitative estimate of drug-likeness (QED) is 0.292. The van der Waals surface area contributed by atoms with Crippen molar-refractivity contribution >= 4 is 29.0 Å². The number of carbonyl (C=O) groups excluding carboxylic acids is 2. The summed E-state index contributed by atoms with van der Waals surface area (Å²) >= 11 is 1.59. The van der Waals surface area contributed by atoms with Gasteiger partial charge in [0.2, 0.25) is 11.8 Å². The Morgan fingerprint density at radius 2 is 1.85 bits per heavy atom. The number of benzene rings is 1. The number of aliphatic hydroxyl groups excluding tert-OH is 1. The van der Waals surface area contributed by atoms with Crippen LogP contribution >= 0.6 is 11.3 Å². The summed E-state index contributed by atoms with van der Waals surface area (Å²) in [5.41, 5.74) is 3.70. The molecule has 1 aromatic carbocycles. The number of thiazole rings is 1. The van der Waals surface area contributed by atoms with Crippen molar-refractivity contribution in [2.75, 3.05) is 57.3 Å². The van der Waals surface area contributed by atoms with Crippen LogP contribution < -0.4 is 15.5 Å². The lowest BCUT2D eigenvalue weighted by atomic mass is 9.91. The zero-order valence-corrected chi connectivity index (χ0v) is 29.1. The molecule has 3 N–H and O–H groups in total. The van der Waals surface area contributed by atoms with Crippen LogP contribution in [0.3, 0.4) is 0 Å². The fourth-order valence-electron chi connectivity index (χ4n) is 7.26. The molecule has 3 fully saturated rings. The van der Waals surface area contributed by atoms with E-state index >= 15 is 4.39 Å². The summed E-state index contributed by atoms with van der Waals surface area (Å²) < 4.78 is 21.0. The van der Waals surface area contributed by atoms with E-state index in [2.05, 4.69) is 30.6 Å². The van der Waals surface area contributed by atoms with Crippen molar-refractivity contribution in [2.45, 2.75) is 76.7 Å². The molecule has 2 amide bonds. The molecule has 0 unspecified atom stereocenters. The number of alkyl halides is 1. The Bertz CT molecular complexity index is 1550. The van der Waals surface area contributed by atoms with Crippen LogP contribution in [0.25, 0.3) is 10.4 Å². The molecule has 3 aliphatic rings. The Labute approximate surface area is 285 Å². The Kier molecular flexibility index (Phi) is 10.5. The monoisotopic (exact) mass is 681 g/mol. The van der Waals surface area contributed by atoms with Gasteiger partial charge >= 0.3 is 0 Å². The SMILES string of the molecule is Cc1ncsc1-c1ccc([C@H](C)NC(=O)[C@@H]2C[C@@H](O)CN2C(=O)[C@H](c2cc(N3CCN(CC4(F)CCNCC4)CC3)no2)C(C)C)cc1. The van der Waals surface area contributed by atoms with Gasteiger partial charge in [0.15, 0.2) is 11.6 Å². The van der Waals surface area contributed by atoms with Crippen LogP contribution in [-0.2, 0) is 9.59 Å². The van der Waals surface area contributed by atoms with E-state index in [0.29, 0.717) is 44.1 Å². The van der Waals surface area contributed by atoms with Gasteiger partial charge in [-0.2, -0.15) is 0 Å². The third-order valence-electron chi connectivity index (χ3n) is 10.1. The number of rotatable bonds is 10. The lowest BCUT2D eigenvalue weighted by Crippen LogP contribution is -2.53. The number of hydrogen-bond acceptors (Lipinski definition) is 10. The van der Waals surface area contributed by atoms with Crippen LogP contribution in [0, 0.1) is 12.8 Å². The van der Waals surface area contributed by atoms with E-state index < -0.39 is 23.7 Å². The highest BCUT2D eigenvalue weighted by Crippen LogP contribution is 2.34. The summed E-state index contributed by atoms with van der Waals surface area (Å²) in [6.45, 7) is 12.6. The van der Waals surface area contributed by atoms with E-state index in [9.17, 15) is 14.7 Å². The molecule has 0 bridgehead atoms. The Morgan fingerprint density at radius 1 is 1.15 bits per heavy atom. The second-order valence-corrected chi connectivity index (χ2v) is 14.8. The molecule has 4 atom stereocenters. The Hall–Kier alpha value is -3.39. The number of amides is 2. The van der Waals surface area contributed by atoms with Gasteiger partial charge in [0.1, 0.15) is 17.6 Å². The van der Waals surface area contributed by atoms with Crippen molar-refractivity contribution in [1.82, 2.24) is 30.6 Å². The molecule has 3 aliphatic heterocycles. The first kappa shape index (κ1) is 34.5. The van der Waals surface area contributed by atoms with E-state index in [0.717, 1.165) is 47.9 Å². The van der Waals surface area contributed by atoms with Gasteiger partial charge < -0.3 is 30.1 Å². The van der Waals surface area contributed by atoms with Crippen LogP contribution in [-0.4, -0.2) is 107 Å². The predicted molar refractivity (Wildman–Crippen MR) is 184 cm³/mol. The highest BCUT2D eigenvalue weighted by Gasteiger charge is 2.44. The summed E-state index contributed by atoms with van der Waals surface area (Å²) in [5.74, 6) is -0.271. The smallest absolute Gasteiger partial charge is 0.243 e. The van der Waals surface area contributed by atoms with Crippen molar-refractivity contribution in [3.05, 3.63) is 52.9 Å². The molecule has 260 valence electrons. The fourth-order valence-corrected chi connectivity index (χ4v) is 8.07. The molecule has 6 rings (SSSR count). The largest absolute Gasteiger partial charge is 0.391 e. The van der Waals surface area contributed by atoms with Crippen molar-refractivity contribution in [3.63, 3.8) is 0 Å². The summed E-state index contributed by atoms with van der Waals surface area (Å²) in [4.78, 5) is 39.0. The number of halogens is 1. The molecular weight excluding hydrogens is 633 g/mol. The second-order valence-electron chi connectivity index (χ2n) is 14.0. The number of piperidine rings is 1. The highest BCUT2D eigenvalue weighted by atomic mass is 32.1. The number of carbonyl (C=O) groups is 2. The van der Waals surface area contributed by atoms with Crippen LogP contribution in [0.2, 0.25) is 0 Å². The van der Waals surface area contributed by atoms with Crippen LogP contribution in [0.4, 0.5) is 10.2 Å². The summed E-state index contributed by atoms with van der Waals surface area (Å²) in [5, 5.41) is 21.2. The minimum atomic E-state index is -1.14. The van der Waals surface area contributed by atoms with Crippen molar-refractivity contribution in [3.8, 4) is 10.4 Å². The van der Waals surface area contributed by atoms with Crippen molar-refractivity contribution in [1.29, 1.82) is 0 Å². The number of nitrogens with zero attached hydrogens (tertiary/aromatic N) is 5. The topological polar surface area (TPSA) is 127 Å². The van der Waals surface area contributed by atoms with Gasteiger partial charge in [-0.3, -0.25) is 14.5 Å². The first-order valence-electron chi connectivity index (χ1n) is 17.1. The second kappa shape index (κ2) is 14.6. The molecule has 11 nitrogen and oxygen atoms in total. The maximum Gasteiger partial charge on any atom is 0.243 e. The van der Waals surface area contributed by atoms with Gasteiger partial charge in [-0.05, 0) is 56.8 Å². The number of likely N-dealkylation sites (tertiary alicyclic amines) is 1. The summed E-state index contributed by atoms with van der Waals surface area (Å²) in [6, 6.07) is 8.77. The normalized spacial score (nSPS) is 23.0. The van der Waals surface area contributed by atoms with Crippen LogP contribution in [0.5, 0.6) is 0 Å². The number of anilines is 1. The summed E-state index contributed by atoms with van der Waals surface area (Å²) in [6.07, 6.45) is 0.454. The maximum atomic E-state index is 15.3. The molecular formula is C35H48FN7O4S. The first-order chi connectivity index (χ1) is 23.0. The van der Waals surface area contributed by atoms with Crippen LogP contribution in [0.15, 0.2) is 40.4 Å². The molecule has 0 aliphatic carbocycles. The van der Waals surface area contributed by atoms with E-state index in [4.69, 9.17) is 4.52 Å². The molecule has 0 saturated carbocycles. The van der Waals surface area contributed by atoms with Gasteiger partial charge in [-0.15, -0.1) is 11.3 Å². The zero-order valence-electron chi connectivity index (χ0n) is 28.3. The number of piperazine rings is 1.